The molecule has 2 aliphatic rings. The Kier molecular flexibility index (Phi) is 7.11. The van der Waals surface area contributed by atoms with E-state index in [0.29, 0.717) is 30.9 Å². The van der Waals surface area contributed by atoms with E-state index in [1.165, 1.54) is 6.07 Å². The van der Waals surface area contributed by atoms with Crippen LogP contribution in [0.15, 0.2) is 36.4 Å². The van der Waals surface area contributed by atoms with Crippen LogP contribution in [0.5, 0.6) is 11.5 Å². The first kappa shape index (κ1) is 24.7. The molecule has 2 aromatic carbocycles. The van der Waals surface area contributed by atoms with Gasteiger partial charge in [0.25, 0.3) is 0 Å². The normalized spacial score (nSPS) is 23.4. The van der Waals surface area contributed by atoms with Crippen molar-refractivity contribution in [3.05, 3.63) is 53.6 Å². The van der Waals surface area contributed by atoms with E-state index in [4.69, 9.17) is 15.2 Å². The summed E-state index contributed by atoms with van der Waals surface area (Å²) in [6.45, 7) is 0.482. The van der Waals surface area contributed by atoms with Crippen LogP contribution in [0.4, 0.5) is 19.3 Å². The SMILES string of the molecule is COc1ccc([C@@]23CC[C@H](NC(=O)Nc4ccc(F)c(F)c4)C[C@H]2N(C(=O)CN)CC3)cc1OC. The van der Waals surface area contributed by atoms with E-state index in [1.54, 1.807) is 14.2 Å². The molecule has 10 heteroatoms. The summed E-state index contributed by atoms with van der Waals surface area (Å²) in [5.74, 6) is -0.916. The third-order valence-corrected chi connectivity index (χ3v) is 7.23. The Balaban J connectivity index is 1.55. The van der Waals surface area contributed by atoms with Crippen LogP contribution < -0.4 is 25.8 Å². The van der Waals surface area contributed by atoms with Gasteiger partial charge in [0.05, 0.1) is 20.8 Å². The van der Waals surface area contributed by atoms with Crippen molar-refractivity contribution in [3.63, 3.8) is 0 Å². The van der Waals surface area contributed by atoms with Crippen molar-refractivity contribution in [1.29, 1.82) is 0 Å². The summed E-state index contributed by atoms with van der Waals surface area (Å²) in [4.78, 5) is 27.1. The molecule has 3 atom stereocenters. The fourth-order valence-corrected chi connectivity index (χ4v) is 5.50. The number of nitrogens with one attached hydrogen (secondary N) is 2. The highest BCUT2D eigenvalue weighted by molar-refractivity contribution is 5.89. The second-order valence-corrected chi connectivity index (χ2v) is 8.98. The number of amides is 3. The quantitative estimate of drug-likeness (QED) is 0.579. The molecule has 3 amide bonds. The van der Waals surface area contributed by atoms with E-state index in [2.05, 4.69) is 10.6 Å². The fraction of sp³-hybridized carbons (Fsp3) is 0.440. The van der Waals surface area contributed by atoms with Gasteiger partial charge in [0, 0.05) is 35.8 Å². The number of halogens is 2. The Morgan fingerprint density at radius 2 is 1.86 bits per heavy atom. The van der Waals surface area contributed by atoms with E-state index < -0.39 is 17.7 Å². The van der Waals surface area contributed by atoms with Crippen LogP contribution >= 0.6 is 0 Å². The molecule has 1 aliphatic carbocycles. The summed E-state index contributed by atoms with van der Waals surface area (Å²) < 4.78 is 37.5. The number of benzene rings is 2. The molecule has 0 radical (unpaired) electrons. The van der Waals surface area contributed by atoms with Gasteiger partial charge in [0.2, 0.25) is 5.91 Å². The number of fused-ring (bicyclic) bond motifs is 1. The van der Waals surface area contributed by atoms with Gasteiger partial charge < -0.3 is 30.7 Å². The Hall–Kier alpha value is -3.40. The Morgan fingerprint density at radius 1 is 1.09 bits per heavy atom. The van der Waals surface area contributed by atoms with Crippen molar-refractivity contribution < 1.29 is 27.8 Å². The van der Waals surface area contributed by atoms with Crippen LogP contribution in [0.2, 0.25) is 0 Å². The van der Waals surface area contributed by atoms with Gasteiger partial charge in [0.1, 0.15) is 0 Å². The van der Waals surface area contributed by atoms with Crippen molar-refractivity contribution in [2.24, 2.45) is 5.73 Å². The van der Waals surface area contributed by atoms with Crippen LogP contribution in [-0.4, -0.2) is 56.2 Å². The molecule has 0 bridgehead atoms. The summed E-state index contributed by atoms with van der Waals surface area (Å²) in [6, 6.07) is 8.11. The Morgan fingerprint density at radius 3 is 2.54 bits per heavy atom. The molecule has 1 saturated carbocycles. The summed E-state index contributed by atoms with van der Waals surface area (Å²) in [5, 5.41) is 5.46. The number of carbonyl (C=O) groups is 2. The third-order valence-electron chi connectivity index (χ3n) is 7.23. The number of rotatable bonds is 6. The van der Waals surface area contributed by atoms with Gasteiger partial charge in [-0.05, 0) is 55.5 Å². The Labute approximate surface area is 202 Å². The number of anilines is 1. The molecule has 2 aromatic rings. The Bertz CT molecular complexity index is 1110. The zero-order valence-electron chi connectivity index (χ0n) is 19.8. The highest BCUT2D eigenvalue weighted by atomic mass is 19.2. The van der Waals surface area contributed by atoms with Gasteiger partial charge in [-0.25, -0.2) is 13.6 Å². The zero-order chi connectivity index (χ0) is 25.2. The minimum atomic E-state index is -1.04. The van der Waals surface area contributed by atoms with E-state index in [9.17, 15) is 18.4 Å². The molecule has 0 unspecified atom stereocenters. The summed E-state index contributed by atoms with van der Waals surface area (Å²) >= 11 is 0. The highest BCUT2D eigenvalue weighted by Gasteiger charge is 2.53. The lowest BCUT2D eigenvalue weighted by molar-refractivity contribution is -0.131. The maximum atomic E-state index is 13.5. The number of nitrogens with two attached hydrogens (primary N) is 1. The van der Waals surface area contributed by atoms with Gasteiger partial charge >= 0.3 is 6.03 Å². The average molecular weight is 489 g/mol. The minimum Gasteiger partial charge on any atom is -0.493 e. The van der Waals surface area contributed by atoms with Crippen LogP contribution in [-0.2, 0) is 10.2 Å². The maximum Gasteiger partial charge on any atom is 0.319 e. The predicted octanol–water partition coefficient (Wildman–Crippen LogP) is 3.15. The zero-order valence-corrected chi connectivity index (χ0v) is 19.8. The fourth-order valence-electron chi connectivity index (χ4n) is 5.50. The number of hydrogen-bond acceptors (Lipinski definition) is 5. The van der Waals surface area contributed by atoms with Gasteiger partial charge in [0.15, 0.2) is 23.1 Å². The van der Waals surface area contributed by atoms with Crippen LogP contribution in [0, 0.1) is 11.6 Å². The molecule has 8 nitrogen and oxygen atoms in total. The van der Waals surface area contributed by atoms with E-state index in [0.717, 1.165) is 30.5 Å². The first-order valence-corrected chi connectivity index (χ1v) is 11.6. The molecule has 1 saturated heterocycles. The van der Waals surface area contributed by atoms with Gasteiger partial charge in [-0.1, -0.05) is 6.07 Å². The summed E-state index contributed by atoms with van der Waals surface area (Å²) in [5.41, 5.74) is 6.60. The van der Waals surface area contributed by atoms with Crippen molar-refractivity contribution in [3.8, 4) is 11.5 Å². The van der Waals surface area contributed by atoms with Crippen LogP contribution in [0.3, 0.4) is 0 Å². The lowest BCUT2D eigenvalue weighted by Crippen LogP contribution is -2.54. The molecule has 0 aromatic heterocycles. The number of nitrogens with zero attached hydrogens (tertiary/aromatic N) is 1. The maximum absolute atomic E-state index is 13.5. The number of likely N-dealkylation sites (tertiary alicyclic amines) is 1. The second kappa shape index (κ2) is 10.1. The van der Waals surface area contributed by atoms with E-state index in [1.807, 2.05) is 23.1 Å². The van der Waals surface area contributed by atoms with E-state index >= 15 is 0 Å². The molecule has 0 spiro atoms. The van der Waals surface area contributed by atoms with E-state index in [-0.39, 0.29) is 35.6 Å². The molecule has 1 aliphatic heterocycles. The topological polar surface area (TPSA) is 106 Å². The van der Waals surface area contributed by atoms with Gasteiger partial charge in [-0.3, -0.25) is 4.79 Å². The number of ether oxygens (including phenoxy) is 2. The molecule has 4 N–H and O–H groups in total. The number of carbonyl (C=O) groups excluding carboxylic acids is 2. The summed E-state index contributed by atoms with van der Waals surface area (Å²) in [6.07, 6.45) is 2.72. The molecule has 35 heavy (non-hydrogen) atoms. The molecule has 4 rings (SSSR count). The molecular formula is C25H30F2N4O4. The molecule has 1 heterocycles. The standard InChI is InChI=1S/C25H30F2N4O4/c1-34-20-6-3-15(11-21(20)35-2)25-8-7-17(13-22(25)31(10-9-25)23(32)14-28)30-24(33)29-16-4-5-18(26)19(27)12-16/h3-6,11-12,17,22H,7-10,13-14,28H2,1-2H3,(H2,29,30,33)/t17-,22+,25-/m0/s1. The van der Waals surface area contributed by atoms with Crippen LogP contribution in [0.1, 0.15) is 31.2 Å². The lowest BCUT2D eigenvalue weighted by Gasteiger charge is -2.45. The smallest absolute Gasteiger partial charge is 0.319 e. The summed E-state index contributed by atoms with van der Waals surface area (Å²) in [7, 11) is 3.17. The molecule has 188 valence electrons. The predicted molar refractivity (Wildman–Crippen MR) is 127 cm³/mol. The average Bonchev–Trinajstić information content (AvgIpc) is 3.25. The van der Waals surface area contributed by atoms with Gasteiger partial charge in [-0.2, -0.15) is 0 Å². The second-order valence-electron chi connectivity index (χ2n) is 8.98. The first-order chi connectivity index (χ1) is 16.8. The highest BCUT2D eigenvalue weighted by Crippen LogP contribution is 2.50. The van der Waals surface area contributed by atoms with Crippen molar-refractivity contribution in [2.75, 3.05) is 32.6 Å². The third kappa shape index (κ3) is 4.75. The monoisotopic (exact) mass is 488 g/mol. The molecule has 2 fully saturated rings. The van der Waals surface area contributed by atoms with Crippen molar-refractivity contribution >= 4 is 17.6 Å². The molecular weight excluding hydrogens is 458 g/mol. The van der Waals surface area contributed by atoms with Gasteiger partial charge in [-0.15, -0.1) is 0 Å². The largest absolute Gasteiger partial charge is 0.493 e. The number of methoxy groups -OCH3 is 2. The number of urea groups is 1. The first-order valence-electron chi connectivity index (χ1n) is 11.6. The number of hydrogen-bond donors (Lipinski definition) is 3. The lowest BCUT2D eigenvalue weighted by atomic mass is 9.65. The van der Waals surface area contributed by atoms with Crippen LogP contribution in [0.25, 0.3) is 0 Å². The van der Waals surface area contributed by atoms with Crippen molar-refractivity contribution in [1.82, 2.24) is 10.2 Å². The van der Waals surface area contributed by atoms with Crippen molar-refractivity contribution in [2.45, 2.75) is 43.2 Å². The minimum absolute atomic E-state index is 0.0901.